The third-order valence-electron chi connectivity index (χ3n) is 2.82. The zero-order valence-corrected chi connectivity index (χ0v) is 13.0. The summed E-state index contributed by atoms with van der Waals surface area (Å²) in [7, 11) is 6.79. The van der Waals surface area contributed by atoms with Crippen LogP contribution in [0.3, 0.4) is 0 Å². The molecule has 0 N–H and O–H groups in total. The molecule has 0 fully saturated rings. The quantitative estimate of drug-likeness (QED) is 0.533. The first-order valence-corrected chi connectivity index (χ1v) is 11.9. The zero-order chi connectivity index (χ0) is 11.3. The van der Waals surface area contributed by atoms with Crippen LogP contribution >= 0.6 is 37.4 Å². The number of benzene rings is 1. The first-order valence-electron chi connectivity index (χ1n) is 4.97. The molecule has 0 radical (unpaired) electrons. The van der Waals surface area contributed by atoms with Crippen LogP contribution in [0.15, 0.2) is 29.8 Å². The fraction of sp³-hybridized carbons (Fsp3) is 0.333. The van der Waals surface area contributed by atoms with Gasteiger partial charge in [0.15, 0.2) is 0 Å². The van der Waals surface area contributed by atoms with E-state index in [4.69, 9.17) is 10.7 Å². The summed E-state index contributed by atoms with van der Waals surface area (Å²) in [6, 6.07) is 8.58. The van der Waals surface area contributed by atoms with Crippen LogP contribution in [0.1, 0.15) is 23.3 Å². The molecule has 1 aliphatic carbocycles. The number of hydrogen-bond donors (Lipinski definition) is 1. The van der Waals surface area contributed by atoms with Crippen molar-refractivity contribution in [1.82, 2.24) is 0 Å². The maximum atomic E-state index is 6.79. The first-order chi connectivity index (χ1) is 6.76. The van der Waals surface area contributed by atoms with Crippen molar-refractivity contribution in [2.45, 2.75) is 12.2 Å². The van der Waals surface area contributed by atoms with E-state index in [1.165, 1.54) is 16.7 Å². The van der Waals surface area contributed by atoms with E-state index >= 15 is 0 Å². The molecule has 0 nitrogen and oxygen atoms in total. The Hall–Kier alpha value is 0.330. The van der Waals surface area contributed by atoms with Gasteiger partial charge in [0.05, 0.1) is 0 Å². The van der Waals surface area contributed by atoms with E-state index in [1.807, 2.05) is 0 Å². The summed E-state index contributed by atoms with van der Waals surface area (Å²) in [5.41, 5.74) is 2.02. The van der Waals surface area contributed by atoms with Gasteiger partial charge in [-0.3, -0.25) is 0 Å². The summed E-state index contributed by atoms with van der Waals surface area (Å²) >= 11 is 2.48. The standard InChI is InChI=1S/C12H16ClIS/c1-9-8-10-6-4-5-7-11(10)12(9)15(2,3,13)14/h4-8,12,15H,1-3H3. The highest BCUT2D eigenvalue weighted by Crippen LogP contribution is 2.86. The Morgan fingerprint density at radius 1 is 1.27 bits per heavy atom. The molecular weight excluding hydrogens is 339 g/mol. The van der Waals surface area contributed by atoms with Crippen LogP contribution in [0.4, 0.5) is 0 Å². The summed E-state index contributed by atoms with van der Waals surface area (Å²) in [6.45, 7) is 2.19. The van der Waals surface area contributed by atoms with E-state index in [-0.39, 0.29) is 0 Å². The van der Waals surface area contributed by atoms with Crippen molar-refractivity contribution in [2.75, 3.05) is 12.5 Å². The Morgan fingerprint density at radius 3 is 2.47 bits per heavy atom. The topological polar surface area (TPSA) is 0 Å². The van der Waals surface area contributed by atoms with Crippen LogP contribution in [0.25, 0.3) is 6.08 Å². The molecule has 0 heterocycles. The highest BCUT2D eigenvalue weighted by Gasteiger charge is 2.40. The molecule has 0 saturated heterocycles. The van der Waals surface area contributed by atoms with Crippen LogP contribution in [-0.2, 0) is 0 Å². The molecule has 0 amide bonds. The van der Waals surface area contributed by atoms with E-state index in [0.29, 0.717) is 5.25 Å². The lowest BCUT2D eigenvalue weighted by Crippen LogP contribution is -2.10. The molecule has 2 rings (SSSR count). The van der Waals surface area contributed by atoms with Gasteiger partial charge in [-0.1, -0.05) is 46.6 Å². The first kappa shape index (κ1) is 11.8. The molecule has 15 heavy (non-hydrogen) atoms. The highest BCUT2D eigenvalue weighted by atomic mass is 127. The van der Waals surface area contributed by atoms with E-state index < -0.39 is 5.55 Å². The maximum Gasteiger partial charge on any atom is 0.0399 e. The Labute approximate surface area is 108 Å². The second kappa shape index (κ2) is 3.41. The Kier molecular flexibility index (Phi) is 2.68. The minimum Gasteiger partial charge on any atom is -0.177 e. The van der Waals surface area contributed by atoms with Crippen LogP contribution in [0, 0.1) is 0 Å². The Balaban J connectivity index is 2.59. The van der Waals surface area contributed by atoms with Gasteiger partial charge in [0, 0.05) is 5.25 Å². The largest absolute Gasteiger partial charge is 0.177 e. The molecule has 0 saturated carbocycles. The Bertz CT molecular complexity index is 433. The number of thiol groups is 1. The van der Waals surface area contributed by atoms with Crippen molar-refractivity contribution in [3.05, 3.63) is 41.0 Å². The van der Waals surface area contributed by atoms with Crippen molar-refractivity contribution in [1.29, 1.82) is 0 Å². The second-order valence-electron chi connectivity index (χ2n) is 4.82. The van der Waals surface area contributed by atoms with Gasteiger partial charge in [0.1, 0.15) is 0 Å². The predicted molar refractivity (Wildman–Crippen MR) is 83.5 cm³/mol. The SMILES string of the molecule is CC1=Cc2ccccc2C1[SH](C)(C)(Cl)I. The molecule has 3 heteroatoms. The number of rotatable bonds is 1. The minimum absolute atomic E-state index is 0.425. The van der Waals surface area contributed by atoms with Gasteiger partial charge in [-0.15, -0.1) is 0 Å². The summed E-state index contributed by atoms with van der Waals surface area (Å²) < 4.78 is 0. The van der Waals surface area contributed by atoms with Gasteiger partial charge in [-0.2, -0.15) is 5.55 Å². The van der Waals surface area contributed by atoms with E-state index in [2.05, 4.69) is 71.0 Å². The van der Waals surface area contributed by atoms with Crippen molar-refractivity contribution in [3.8, 4) is 0 Å². The second-order valence-corrected chi connectivity index (χ2v) is 22.9. The molecule has 1 aliphatic rings. The van der Waals surface area contributed by atoms with Gasteiger partial charge >= 0.3 is 0 Å². The predicted octanol–water partition coefficient (Wildman–Crippen LogP) is 4.98. The van der Waals surface area contributed by atoms with Crippen molar-refractivity contribution < 1.29 is 0 Å². The summed E-state index contributed by atoms with van der Waals surface area (Å²) in [5.74, 6) is 0. The highest BCUT2D eigenvalue weighted by molar-refractivity contribution is 14.2. The molecule has 1 unspecified atom stereocenters. The molecule has 84 valence electrons. The third kappa shape index (κ3) is 2.22. The van der Waals surface area contributed by atoms with E-state index in [9.17, 15) is 0 Å². The third-order valence-corrected chi connectivity index (χ3v) is 7.18. The van der Waals surface area contributed by atoms with E-state index in [1.54, 1.807) is 0 Å². The lowest BCUT2D eigenvalue weighted by molar-refractivity contribution is 1.15. The number of halogens is 2. The maximum absolute atomic E-state index is 6.79. The molecule has 1 aromatic carbocycles. The number of hydrogen-bond acceptors (Lipinski definition) is 0. The molecule has 0 aliphatic heterocycles. The molecule has 0 bridgehead atoms. The van der Waals surface area contributed by atoms with Crippen molar-refractivity contribution in [2.24, 2.45) is 0 Å². The lowest BCUT2D eigenvalue weighted by Gasteiger charge is -2.49. The van der Waals surface area contributed by atoms with Gasteiger partial charge in [0.25, 0.3) is 0 Å². The molecule has 1 aromatic rings. The lowest BCUT2D eigenvalue weighted by atomic mass is 10.1. The van der Waals surface area contributed by atoms with Crippen LogP contribution in [0.5, 0.6) is 0 Å². The van der Waals surface area contributed by atoms with Crippen LogP contribution < -0.4 is 0 Å². The average Bonchev–Trinajstić information content (AvgIpc) is 2.37. The molecule has 0 aromatic heterocycles. The minimum atomic E-state index is -2.13. The summed E-state index contributed by atoms with van der Waals surface area (Å²) in [6.07, 6.45) is 6.71. The molecule has 1 atom stereocenters. The van der Waals surface area contributed by atoms with Gasteiger partial charge in [-0.05, 0) is 51.8 Å². The molecule has 0 spiro atoms. The Morgan fingerprint density at radius 2 is 1.87 bits per heavy atom. The fourth-order valence-electron chi connectivity index (χ4n) is 2.41. The normalized spacial score (nSPS) is 22.9. The van der Waals surface area contributed by atoms with Crippen molar-refractivity contribution in [3.63, 3.8) is 0 Å². The van der Waals surface area contributed by atoms with Gasteiger partial charge in [-0.25, -0.2) is 0 Å². The van der Waals surface area contributed by atoms with Gasteiger partial charge in [0.2, 0.25) is 0 Å². The van der Waals surface area contributed by atoms with Crippen LogP contribution in [0.2, 0.25) is 0 Å². The monoisotopic (exact) mass is 354 g/mol. The smallest absolute Gasteiger partial charge is 0.0399 e. The van der Waals surface area contributed by atoms with Crippen molar-refractivity contribution >= 4 is 43.5 Å². The summed E-state index contributed by atoms with van der Waals surface area (Å²) in [4.78, 5) is 0. The van der Waals surface area contributed by atoms with Crippen LogP contribution in [-0.4, -0.2) is 12.5 Å². The average molecular weight is 355 g/mol. The van der Waals surface area contributed by atoms with Gasteiger partial charge < -0.3 is 0 Å². The molecular formula is C12H16ClIS. The van der Waals surface area contributed by atoms with E-state index in [0.717, 1.165) is 0 Å². The number of fused-ring (bicyclic) bond motifs is 1. The fourth-order valence-corrected chi connectivity index (χ4v) is 7.60. The summed E-state index contributed by atoms with van der Waals surface area (Å²) in [5, 5.41) is 0.425. The zero-order valence-electron chi connectivity index (χ0n) is 9.17.